The first-order chi connectivity index (χ1) is 11.9. The monoisotopic (exact) mass is 360 g/mol. The molecule has 3 rings (SSSR count). The Kier molecular flexibility index (Phi) is 4.99. The SMILES string of the molecule is C[C@@H]1CCCN(C(=O)CN(c2cccc3ccccc23)S(C)(=O)=O)C1. The lowest BCUT2D eigenvalue weighted by molar-refractivity contribution is -0.131. The lowest BCUT2D eigenvalue weighted by Crippen LogP contribution is -2.46. The lowest BCUT2D eigenvalue weighted by Gasteiger charge is -2.33. The molecule has 1 atom stereocenters. The summed E-state index contributed by atoms with van der Waals surface area (Å²) in [5, 5.41) is 1.78. The van der Waals surface area contributed by atoms with Crippen molar-refractivity contribution in [3.05, 3.63) is 42.5 Å². The van der Waals surface area contributed by atoms with Crippen LogP contribution in [0, 0.1) is 5.92 Å². The van der Waals surface area contributed by atoms with Gasteiger partial charge in [0.1, 0.15) is 6.54 Å². The molecule has 1 heterocycles. The van der Waals surface area contributed by atoms with Crippen molar-refractivity contribution in [3.8, 4) is 0 Å². The van der Waals surface area contributed by atoms with Gasteiger partial charge in [-0.15, -0.1) is 0 Å². The Hall–Kier alpha value is -2.08. The quantitative estimate of drug-likeness (QED) is 0.842. The summed E-state index contributed by atoms with van der Waals surface area (Å²) in [6.07, 6.45) is 3.24. The number of carbonyl (C=O) groups is 1. The van der Waals surface area contributed by atoms with Gasteiger partial charge in [-0.05, 0) is 30.2 Å². The highest BCUT2D eigenvalue weighted by molar-refractivity contribution is 7.92. The van der Waals surface area contributed by atoms with Crippen LogP contribution in [-0.2, 0) is 14.8 Å². The fourth-order valence-electron chi connectivity index (χ4n) is 3.45. The Bertz CT molecular complexity index is 874. The van der Waals surface area contributed by atoms with E-state index in [1.807, 2.05) is 36.4 Å². The maximum atomic E-state index is 12.7. The van der Waals surface area contributed by atoms with Gasteiger partial charge < -0.3 is 4.90 Å². The minimum Gasteiger partial charge on any atom is -0.341 e. The highest BCUT2D eigenvalue weighted by Gasteiger charge is 2.27. The van der Waals surface area contributed by atoms with Crippen LogP contribution < -0.4 is 4.31 Å². The molecule has 0 aliphatic carbocycles. The summed E-state index contributed by atoms with van der Waals surface area (Å²) in [4.78, 5) is 14.5. The second kappa shape index (κ2) is 7.04. The fraction of sp³-hybridized carbons (Fsp3) is 0.421. The van der Waals surface area contributed by atoms with Gasteiger partial charge >= 0.3 is 0 Å². The second-order valence-corrected chi connectivity index (χ2v) is 8.76. The summed E-state index contributed by atoms with van der Waals surface area (Å²) in [5.41, 5.74) is 0.555. The van der Waals surface area contributed by atoms with Crippen LogP contribution in [0.15, 0.2) is 42.5 Å². The van der Waals surface area contributed by atoms with Gasteiger partial charge in [0.15, 0.2) is 0 Å². The Labute approximate surface area is 149 Å². The topological polar surface area (TPSA) is 57.7 Å². The Balaban J connectivity index is 1.94. The largest absolute Gasteiger partial charge is 0.341 e. The molecule has 1 saturated heterocycles. The molecule has 0 spiro atoms. The van der Waals surface area contributed by atoms with E-state index in [2.05, 4.69) is 6.92 Å². The number of hydrogen-bond acceptors (Lipinski definition) is 3. The van der Waals surface area contributed by atoms with Gasteiger partial charge in [0.2, 0.25) is 15.9 Å². The number of carbonyl (C=O) groups excluding carboxylic acids is 1. The maximum Gasteiger partial charge on any atom is 0.243 e. The molecule has 25 heavy (non-hydrogen) atoms. The smallest absolute Gasteiger partial charge is 0.243 e. The molecule has 0 unspecified atom stereocenters. The number of rotatable bonds is 4. The van der Waals surface area contributed by atoms with Gasteiger partial charge in [0.05, 0.1) is 11.9 Å². The Morgan fingerprint density at radius 2 is 1.92 bits per heavy atom. The highest BCUT2D eigenvalue weighted by Crippen LogP contribution is 2.28. The summed E-state index contributed by atoms with van der Waals surface area (Å²) in [5.74, 6) is 0.326. The normalized spacial score (nSPS) is 18.3. The predicted octanol–water partition coefficient (Wildman–Crippen LogP) is 2.86. The second-order valence-electron chi connectivity index (χ2n) is 6.86. The molecule has 134 valence electrons. The van der Waals surface area contributed by atoms with Crippen LogP contribution in [0.3, 0.4) is 0 Å². The third-order valence-corrected chi connectivity index (χ3v) is 5.85. The molecule has 6 heteroatoms. The minimum absolute atomic E-state index is 0.134. The molecule has 2 aromatic rings. The number of amides is 1. The average molecular weight is 360 g/mol. The lowest BCUT2D eigenvalue weighted by atomic mass is 10.0. The van der Waals surface area contributed by atoms with Gasteiger partial charge in [-0.3, -0.25) is 9.10 Å². The molecule has 0 saturated carbocycles. The first kappa shape index (κ1) is 17.7. The van der Waals surface area contributed by atoms with Gasteiger partial charge in [-0.25, -0.2) is 8.42 Å². The first-order valence-corrected chi connectivity index (χ1v) is 10.4. The van der Waals surface area contributed by atoms with E-state index in [0.717, 1.165) is 29.9 Å². The van der Waals surface area contributed by atoms with Crippen LogP contribution >= 0.6 is 0 Å². The summed E-state index contributed by atoms with van der Waals surface area (Å²) < 4.78 is 26.1. The molecular formula is C19H24N2O3S. The molecule has 1 fully saturated rings. The summed E-state index contributed by atoms with van der Waals surface area (Å²) in [7, 11) is -3.57. The van der Waals surface area contributed by atoms with Crippen molar-refractivity contribution < 1.29 is 13.2 Å². The number of fused-ring (bicyclic) bond motifs is 1. The van der Waals surface area contributed by atoms with Crippen LogP contribution in [0.5, 0.6) is 0 Å². The molecule has 1 amide bonds. The zero-order chi connectivity index (χ0) is 18.0. The standard InChI is InChI=1S/C19H24N2O3S/c1-15-7-6-12-20(13-15)19(22)14-21(25(2,23)24)18-11-5-9-16-8-3-4-10-17(16)18/h3-5,8-11,15H,6-7,12-14H2,1-2H3/t15-/m1/s1. The minimum atomic E-state index is -3.57. The van der Waals surface area contributed by atoms with Gasteiger partial charge in [0, 0.05) is 18.5 Å². The summed E-state index contributed by atoms with van der Waals surface area (Å²) in [6, 6.07) is 13.1. The van der Waals surface area contributed by atoms with E-state index in [0.29, 0.717) is 24.7 Å². The number of sulfonamides is 1. The predicted molar refractivity (Wildman–Crippen MR) is 101 cm³/mol. The van der Waals surface area contributed by atoms with E-state index in [9.17, 15) is 13.2 Å². The molecule has 0 radical (unpaired) electrons. The number of benzene rings is 2. The van der Waals surface area contributed by atoms with Crippen LogP contribution in [0.25, 0.3) is 10.8 Å². The van der Waals surface area contributed by atoms with E-state index in [-0.39, 0.29) is 12.5 Å². The molecule has 0 aromatic heterocycles. The third kappa shape index (κ3) is 3.95. The molecule has 0 N–H and O–H groups in total. The van der Waals surface area contributed by atoms with Crippen LogP contribution in [0.2, 0.25) is 0 Å². The van der Waals surface area contributed by atoms with Crippen molar-refractivity contribution in [2.45, 2.75) is 19.8 Å². The van der Waals surface area contributed by atoms with Gasteiger partial charge in [0.25, 0.3) is 0 Å². The van der Waals surface area contributed by atoms with Crippen molar-refractivity contribution in [1.82, 2.24) is 4.90 Å². The molecule has 1 aliphatic rings. The third-order valence-electron chi connectivity index (χ3n) is 4.72. The number of nitrogens with zero attached hydrogens (tertiary/aromatic N) is 2. The van der Waals surface area contributed by atoms with E-state index in [4.69, 9.17) is 0 Å². The van der Waals surface area contributed by atoms with Crippen molar-refractivity contribution in [3.63, 3.8) is 0 Å². The van der Waals surface area contributed by atoms with Crippen LogP contribution in [0.4, 0.5) is 5.69 Å². The van der Waals surface area contributed by atoms with Crippen molar-refractivity contribution in [2.24, 2.45) is 5.92 Å². The van der Waals surface area contributed by atoms with Crippen LogP contribution in [-0.4, -0.2) is 45.1 Å². The van der Waals surface area contributed by atoms with Crippen LogP contribution in [0.1, 0.15) is 19.8 Å². The van der Waals surface area contributed by atoms with Gasteiger partial charge in [-0.2, -0.15) is 0 Å². The summed E-state index contributed by atoms with van der Waals surface area (Å²) in [6.45, 7) is 3.38. The van der Waals surface area contributed by atoms with E-state index >= 15 is 0 Å². The Morgan fingerprint density at radius 1 is 1.20 bits per heavy atom. The molecular weight excluding hydrogens is 336 g/mol. The molecule has 2 aromatic carbocycles. The number of anilines is 1. The zero-order valence-corrected chi connectivity index (χ0v) is 15.5. The van der Waals surface area contributed by atoms with Gasteiger partial charge in [-0.1, -0.05) is 43.3 Å². The number of hydrogen-bond donors (Lipinski definition) is 0. The van der Waals surface area contributed by atoms with Crippen molar-refractivity contribution in [1.29, 1.82) is 0 Å². The molecule has 5 nitrogen and oxygen atoms in total. The zero-order valence-electron chi connectivity index (χ0n) is 14.7. The van der Waals surface area contributed by atoms with E-state index < -0.39 is 10.0 Å². The van der Waals surface area contributed by atoms with Crippen molar-refractivity contribution in [2.75, 3.05) is 30.2 Å². The average Bonchev–Trinajstić information content (AvgIpc) is 2.58. The highest BCUT2D eigenvalue weighted by atomic mass is 32.2. The maximum absolute atomic E-state index is 12.7. The first-order valence-electron chi connectivity index (χ1n) is 8.59. The summed E-state index contributed by atoms with van der Waals surface area (Å²) >= 11 is 0. The van der Waals surface area contributed by atoms with E-state index in [1.165, 1.54) is 4.31 Å². The Morgan fingerprint density at radius 3 is 2.64 bits per heavy atom. The fourth-order valence-corrected chi connectivity index (χ4v) is 4.31. The van der Waals surface area contributed by atoms with Crippen molar-refractivity contribution >= 4 is 32.4 Å². The molecule has 0 bridgehead atoms. The molecule has 1 aliphatic heterocycles. The number of piperidine rings is 1. The number of likely N-dealkylation sites (tertiary alicyclic amines) is 1. The van der Waals surface area contributed by atoms with E-state index in [1.54, 1.807) is 11.0 Å².